The van der Waals surface area contributed by atoms with Crippen molar-refractivity contribution >= 4 is 17.2 Å². The van der Waals surface area contributed by atoms with Crippen molar-refractivity contribution in [1.29, 1.82) is 0 Å². The number of hydrogen-bond donors (Lipinski definition) is 1. The molecule has 3 aliphatic rings. The Hall–Kier alpha value is -3.14. The molecule has 208 valence electrons. The molecule has 0 spiro atoms. The molecule has 0 bridgehead atoms. The smallest absolute Gasteiger partial charge is 0.317 e. The third-order valence-electron chi connectivity index (χ3n) is 8.68. The Morgan fingerprint density at radius 2 is 1.74 bits per heavy atom. The lowest BCUT2D eigenvalue weighted by atomic mass is 9.83. The van der Waals surface area contributed by atoms with Gasteiger partial charge in [0.1, 0.15) is 0 Å². The summed E-state index contributed by atoms with van der Waals surface area (Å²) in [4.78, 5) is 19.2. The van der Waals surface area contributed by atoms with Gasteiger partial charge in [0.25, 0.3) is 0 Å². The molecule has 0 unspecified atom stereocenters. The first-order chi connectivity index (χ1) is 19.0. The number of amides is 2. The molecule has 0 aliphatic carbocycles. The minimum absolute atomic E-state index is 0.0201. The van der Waals surface area contributed by atoms with Gasteiger partial charge in [0, 0.05) is 70.4 Å². The second kappa shape index (κ2) is 10.8. The highest BCUT2D eigenvalue weighted by molar-refractivity contribution is 5.80. The SMILES string of the molecule is COC1(c2ccc(-c3cc4c(N5CCN(C(=O)NC(C)C)CC5)ccnn4c3)cc2)CCN(C2COC2)CC1. The zero-order valence-electron chi connectivity index (χ0n) is 23.3. The number of nitrogens with zero attached hydrogens (tertiary/aromatic N) is 5. The topological polar surface area (TPSA) is 74.6 Å². The van der Waals surface area contributed by atoms with Gasteiger partial charge >= 0.3 is 6.03 Å². The van der Waals surface area contributed by atoms with Gasteiger partial charge in [0.05, 0.1) is 36.1 Å². The van der Waals surface area contributed by atoms with Gasteiger partial charge in [-0.3, -0.25) is 4.90 Å². The number of nitrogens with one attached hydrogen (secondary N) is 1. The Bertz CT molecular complexity index is 1290. The van der Waals surface area contributed by atoms with Crippen molar-refractivity contribution in [1.82, 2.24) is 24.7 Å². The highest BCUT2D eigenvalue weighted by Gasteiger charge is 2.39. The number of likely N-dealkylation sites (tertiary alicyclic amines) is 1. The van der Waals surface area contributed by atoms with Gasteiger partial charge in [-0.15, -0.1) is 0 Å². The van der Waals surface area contributed by atoms with Crippen LogP contribution in [0.25, 0.3) is 16.6 Å². The molecule has 39 heavy (non-hydrogen) atoms. The zero-order chi connectivity index (χ0) is 27.0. The highest BCUT2D eigenvalue weighted by Crippen LogP contribution is 2.38. The maximum Gasteiger partial charge on any atom is 0.317 e. The van der Waals surface area contributed by atoms with Gasteiger partial charge in [0.2, 0.25) is 0 Å². The molecule has 0 radical (unpaired) electrons. The summed E-state index contributed by atoms with van der Waals surface area (Å²) >= 11 is 0. The van der Waals surface area contributed by atoms with Crippen LogP contribution in [-0.2, 0) is 15.1 Å². The highest BCUT2D eigenvalue weighted by atomic mass is 16.5. The quantitative estimate of drug-likeness (QED) is 0.523. The van der Waals surface area contributed by atoms with E-state index in [2.05, 4.69) is 62.8 Å². The Morgan fingerprint density at radius 3 is 2.36 bits per heavy atom. The van der Waals surface area contributed by atoms with Gasteiger partial charge in [-0.25, -0.2) is 9.31 Å². The average Bonchev–Trinajstić information content (AvgIpc) is 3.37. The first-order valence-electron chi connectivity index (χ1n) is 14.2. The summed E-state index contributed by atoms with van der Waals surface area (Å²) in [6.07, 6.45) is 5.95. The van der Waals surface area contributed by atoms with Crippen molar-refractivity contribution in [2.45, 2.75) is 44.4 Å². The maximum atomic E-state index is 12.4. The number of methoxy groups -OCH3 is 1. The van der Waals surface area contributed by atoms with Crippen LogP contribution >= 0.6 is 0 Å². The van der Waals surface area contributed by atoms with Crippen LogP contribution in [0, 0.1) is 0 Å². The van der Waals surface area contributed by atoms with E-state index in [0.29, 0.717) is 19.1 Å². The molecule has 6 rings (SSSR count). The molecule has 5 heterocycles. The summed E-state index contributed by atoms with van der Waals surface area (Å²) in [6, 6.07) is 13.9. The monoisotopic (exact) mass is 532 g/mol. The molecule has 0 saturated carbocycles. The Labute approximate surface area is 230 Å². The van der Waals surface area contributed by atoms with Crippen molar-refractivity contribution < 1.29 is 14.3 Å². The summed E-state index contributed by atoms with van der Waals surface area (Å²) in [5.41, 5.74) is 5.56. The number of aromatic nitrogens is 2. The van der Waals surface area contributed by atoms with Crippen LogP contribution in [0.2, 0.25) is 0 Å². The molecule has 2 aromatic heterocycles. The van der Waals surface area contributed by atoms with E-state index in [0.717, 1.165) is 69.0 Å². The van der Waals surface area contributed by atoms with Crippen LogP contribution in [0.5, 0.6) is 0 Å². The fourth-order valence-electron chi connectivity index (χ4n) is 6.18. The number of piperidine rings is 1. The fraction of sp³-hybridized carbons (Fsp3) is 0.533. The number of anilines is 1. The van der Waals surface area contributed by atoms with Crippen molar-refractivity contribution in [2.24, 2.45) is 0 Å². The predicted molar refractivity (Wildman–Crippen MR) is 152 cm³/mol. The Balaban J connectivity index is 1.16. The van der Waals surface area contributed by atoms with E-state index in [9.17, 15) is 4.79 Å². The Kier molecular flexibility index (Phi) is 7.22. The molecule has 0 atom stereocenters. The molecule has 9 heteroatoms. The lowest BCUT2D eigenvalue weighted by molar-refractivity contribution is -0.112. The third-order valence-corrected chi connectivity index (χ3v) is 8.68. The Morgan fingerprint density at radius 1 is 1.03 bits per heavy atom. The first-order valence-corrected chi connectivity index (χ1v) is 14.2. The molecule has 9 nitrogen and oxygen atoms in total. The summed E-state index contributed by atoms with van der Waals surface area (Å²) in [6.45, 7) is 10.8. The van der Waals surface area contributed by atoms with E-state index in [1.807, 2.05) is 36.6 Å². The van der Waals surface area contributed by atoms with Crippen LogP contribution in [-0.4, -0.2) is 97.1 Å². The third kappa shape index (κ3) is 5.11. The molecule has 3 saturated heterocycles. The van der Waals surface area contributed by atoms with Crippen LogP contribution in [0.15, 0.2) is 48.8 Å². The number of ether oxygens (including phenoxy) is 2. The normalized spacial score (nSPS) is 20.4. The lowest BCUT2D eigenvalue weighted by Crippen LogP contribution is -2.54. The molecule has 3 fully saturated rings. The minimum Gasteiger partial charge on any atom is -0.378 e. The van der Waals surface area contributed by atoms with E-state index in [-0.39, 0.29) is 17.7 Å². The van der Waals surface area contributed by atoms with E-state index < -0.39 is 0 Å². The number of fused-ring (bicyclic) bond motifs is 1. The molecule has 3 aromatic rings. The number of carbonyl (C=O) groups excluding carboxylic acids is 1. The maximum absolute atomic E-state index is 12.4. The van der Waals surface area contributed by atoms with Crippen LogP contribution in [0.4, 0.5) is 10.5 Å². The van der Waals surface area contributed by atoms with Crippen molar-refractivity contribution in [3.05, 3.63) is 54.4 Å². The number of benzene rings is 1. The molecule has 1 aromatic carbocycles. The zero-order valence-corrected chi connectivity index (χ0v) is 23.3. The second-order valence-corrected chi connectivity index (χ2v) is 11.4. The molecule has 1 N–H and O–H groups in total. The number of piperazine rings is 1. The first kappa shape index (κ1) is 26.1. The summed E-state index contributed by atoms with van der Waals surface area (Å²) < 4.78 is 13.5. The van der Waals surface area contributed by atoms with Crippen LogP contribution in [0.3, 0.4) is 0 Å². The lowest BCUT2D eigenvalue weighted by Gasteiger charge is -2.46. The van der Waals surface area contributed by atoms with Crippen LogP contribution in [0.1, 0.15) is 32.3 Å². The molecular formula is C30H40N6O3. The van der Waals surface area contributed by atoms with E-state index in [1.54, 1.807) is 0 Å². The van der Waals surface area contributed by atoms with Crippen LogP contribution < -0.4 is 10.2 Å². The van der Waals surface area contributed by atoms with Gasteiger partial charge in [-0.05, 0) is 49.9 Å². The van der Waals surface area contributed by atoms with Gasteiger partial charge in [-0.1, -0.05) is 24.3 Å². The fourth-order valence-corrected chi connectivity index (χ4v) is 6.18. The van der Waals surface area contributed by atoms with Gasteiger partial charge in [0.15, 0.2) is 0 Å². The average molecular weight is 533 g/mol. The minimum atomic E-state index is -0.228. The van der Waals surface area contributed by atoms with E-state index in [1.165, 1.54) is 11.1 Å². The second-order valence-electron chi connectivity index (χ2n) is 11.4. The van der Waals surface area contributed by atoms with E-state index in [4.69, 9.17) is 9.47 Å². The summed E-state index contributed by atoms with van der Waals surface area (Å²) in [5, 5.41) is 7.59. The molecular weight excluding hydrogens is 492 g/mol. The predicted octanol–water partition coefficient (Wildman–Crippen LogP) is 3.58. The van der Waals surface area contributed by atoms with Crippen molar-refractivity contribution in [3.8, 4) is 11.1 Å². The summed E-state index contributed by atoms with van der Waals surface area (Å²) in [7, 11) is 1.85. The number of hydrogen-bond acceptors (Lipinski definition) is 6. The molecule has 2 amide bonds. The van der Waals surface area contributed by atoms with Gasteiger partial charge in [-0.2, -0.15) is 5.10 Å². The number of carbonyl (C=O) groups is 1. The standard InChI is InChI=1S/C30H40N6O3/c1-22(2)32-29(37)35-16-14-34(15-17-35)27-8-11-31-36-19-24(18-28(27)36)23-4-6-25(7-5-23)30(38-3)9-12-33(13-10-30)26-20-39-21-26/h4-8,11,18-19,22,26H,9-10,12-17,20-21H2,1-3H3,(H,32,37). The number of urea groups is 1. The van der Waals surface area contributed by atoms with Crippen molar-refractivity contribution in [3.63, 3.8) is 0 Å². The largest absolute Gasteiger partial charge is 0.378 e. The number of rotatable bonds is 6. The van der Waals surface area contributed by atoms with Gasteiger partial charge < -0.3 is 24.6 Å². The van der Waals surface area contributed by atoms with Crippen molar-refractivity contribution in [2.75, 3.05) is 64.5 Å². The molecule has 3 aliphatic heterocycles. The summed E-state index contributed by atoms with van der Waals surface area (Å²) in [5.74, 6) is 0. The van der Waals surface area contributed by atoms with E-state index >= 15 is 0 Å².